The Bertz CT molecular complexity index is 561. The van der Waals surface area contributed by atoms with Gasteiger partial charge >= 0.3 is 0 Å². The van der Waals surface area contributed by atoms with Crippen molar-refractivity contribution >= 4 is 11.4 Å². The summed E-state index contributed by atoms with van der Waals surface area (Å²) in [4.78, 5) is 10.7. The zero-order chi connectivity index (χ0) is 14.8. The molecule has 1 aromatic rings. The summed E-state index contributed by atoms with van der Waals surface area (Å²) in [5.74, 6) is 0. The minimum atomic E-state index is -0.432. The Kier molecular flexibility index (Phi) is 3.93. The fourth-order valence-corrected chi connectivity index (χ4v) is 2.82. The van der Waals surface area contributed by atoms with E-state index in [4.69, 9.17) is 5.26 Å². The van der Waals surface area contributed by atoms with E-state index in [9.17, 15) is 10.1 Å². The highest BCUT2D eigenvalue weighted by Gasteiger charge is 2.33. The number of nitro benzene ring substituents is 1. The van der Waals surface area contributed by atoms with Crippen LogP contribution in [-0.2, 0) is 0 Å². The highest BCUT2D eigenvalue weighted by atomic mass is 16.6. The second kappa shape index (κ2) is 5.49. The minimum Gasteiger partial charge on any atom is -0.376 e. The molecule has 0 spiro atoms. The maximum absolute atomic E-state index is 11.1. The molecule has 1 saturated carbocycles. The lowest BCUT2D eigenvalue weighted by Crippen LogP contribution is -2.39. The van der Waals surface area contributed by atoms with E-state index in [1.165, 1.54) is 12.5 Å². The predicted molar refractivity (Wildman–Crippen MR) is 77.5 cm³/mol. The van der Waals surface area contributed by atoms with Crippen molar-refractivity contribution in [2.24, 2.45) is 5.41 Å². The average molecular weight is 273 g/mol. The van der Waals surface area contributed by atoms with Crippen molar-refractivity contribution in [3.63, 3.8) is 0 Å². The molecule has 0 heterocycles. The van der Waals surface area contributed by atoms with Crippen molar-refractivity contribution in [3.05, 3.63) is 33.9 Å². The summed E-state index contributed by atoms with van der Waals surface area (Å²) in [5, 5.41) is 23.3. The first-order valence-electron chi connectivity index (χ1n) is 6.89. The van der Waals surface area contributed by atoms with E-state index >= 15 is 0 Å². The van der Waals surface area contributed by atoms with Crippen molar-refractivity contribution < 1.29 is 4.92 Å². The number of rotatable bonds is 3. The molecule has 20 heavy (non-hydrogen) atoms. The van der Waals surface area contributed by atoms with Crippen molar-refractivity contribution in [3.8, 4) is 6.07 Å². The van der Waals surface area contributed by atoms with E-state index < -0.39 is 4.92 Å². The molecule has 0 bridgehead atoms. The molecule has 1 fully saturated rings. The van der Waals surface area contributed by atoms with Crippen molar-refractivity contribution in [1.29, 1.82) is 5.26 Å². The molecule has 2 rings (SSSR count). The molecule has 1 aromatic carbocycles. The van der Waals surface area contributed by atoms with Gasteiger partial charge in [-0.05, 0) is 30.4 Å². The molecule has 0 radical (unpaired) electrons. The van der Waals surface area contributed by atoms with E-state index in [0.717, 1.165) is 19.3 Å². The van der Waals surface area contributed by atoms with Crippen LogP contribution >= 0.6 is 0 Å². The third-order valence-corrected chi connectivity index (χ3v) is 4.16. The van der Waals surface area contributed by atoms with Gasteiger partial charge in [0, 0.05) is 12.1 Å². The summed E-state index contributed by atoms with van der Waals surface area (Å²) in [7, 11) is 0. The first-order valence-corrected chi connectivity index (χ1v) is 6.89. The second-order valence-electron chi connectivity index (χ2n) is 6.03. The molecule has 1 atom stereocenters. The summed E-state index contributed by atoms with van der Waals surface area (Å²) in [6, 6.07) is 6.75. The van der Waals surface area contributed by atoms with Crippen LogP contribution < -0.4 is 5.32 Å². The summed E-state index contributed by atoms with van der Waals surface area (Å²) >= 11 is 0. The van der Waals surface area contributed by atoms with Crippen LogP contribution in [0.2, 0.25) is 0 Å². The van der Waals surface area contributed by atoms with Gasteiger partial charge in [-0.15, -0.1) is 0 Å². The number of nitrogens with zero attached hydrogens (tertiary/aromatic N) is 2. The normalized spacial score (nSPS) is 20.9. The van der Waals surface area contributed by atoms with Crippen LogP contribution in [0, 0.1) is 26.9 Å². The molecule has 1 aliphatic carbocycles. The van der Waals surface area contributed by atoms with Gasteiger partial charge in [0.1, 0.15) is 5.69 Å². The Balaban J connectivity index is 2.29. The number of hydrogen-bond acceptors (Lipinski definition) is 4. The van der Waals surface area contributed by atoms with Crippen LogP contribution in [0.3, 0.4) is 0 Å². The van der Waals surface area contributed by atoms with Crippen molar-refractivity contribution in [2.45, 2.75) is 45.6 Å². The molecule has 1 unspecified atom stereocenters. The molecule has 0 saturated heterocycles. The molecule has 0 amide bonds. The molecule has 0 aliphatic heterocycles. The largest absolute Gasteiger partial charge is 0.376 e. The fourth-order valence-electron chi connectivity index (χ4n) is 2.82. The smallest absolute Gasteiger partial charge is 0.293 e. The maximum atomic E-state index is 11.1. The molecule has 1 aliphatic rings. The summed E-state index contributed by atoms with van der Waals surface area (Å²) in [6.07, 6.45) is 4.49. The van der Waals surface area contributed by atoms with Crippen molar-refractivity contribution in [2.75, 3.05) is 5.32 Å². The van der Waals surface area contributed by atoms with E-state index in [-0.39, 0.29) is 17.1 Å². The number of benzene rings is 1. The average Bonchev–Trinajstić information content (AvgIpc) is 2.41. The number of anilines is 1. The third-order valence-electron chi connectivity index (χ3n) is 4.16. The highest BCUT2D eigenvalue weighted by molar-refractivity contribution is 5.64. The Morgan fingerprint density at radius 1 is 1.45 bits per heavy atom. The Labute approximate surface area is 118 Å². The molecule has 0 aromatic heterocycles. The van der Waals surface area contributed by atoms with Gasteiger partial charge in [0.15, 0.2) is 0 Å². The summed E-state index contributed by atoms with van der Waals surface area (Å²) in [6.45, 7) is 4.39. The molecular weight excluding hydrogens is 254 g/mol. The van der Waals surface area contributed by atoms with Gasteiger partial charge in [0.25, 0.3) is 5.69 Å². The maximum Gasteiger partial charge on any atom is 0.293 e. The monoisotopic (exact) mass is 273 g/mol. The number of nitro groups is 1. The second-order valence-corrected chi connectivity index (χ2v) is 6.03. The molecule has 5 heteroatoms. The van der Waals surface area contributed by atoms with Crippen LogP contribution in [0.4, 0.5) is 11.4 Å². The Morgan fingerprint density at radius 2 is 2.20 bits per heavy atom. The van der Waals surface area contributed by atoms with Crippen LogP contribution in [0.5, 0.6) is 0 Å². The van der Waals surface area contributed by atoms with Gasteiger partial charge in [-0.3, -0.25) is 10.1 Å². The van der Waals surface area contributed by atoms with Crippen LogP contribution in [0.25, 0.3) is 0 Å². The SMILES string of the molecule is CC1(C)CCCCC1Nc1ccc(C#N)cc1[N+](=O)[O-]. The van der Waals surface area contributed by atoms with E-state index in [2.05, 4.69) is 19.2 Å². The lowest BCUT2D eigenvalue weighted by molar-refractivity contribution is -0.384. The summed E-state index contributed by atoms with van der Waals surface area (Å²) < 4.78 is 0. The van der Waals surface area contributed by atoms with Crippen LogP contribution in [0.1, 0.15) is 45.1 Å². The van der Waals surface area contributed by atoms with E-state index in [0.29, 0.717) is 11.3 Å². The lowest BCUT2D eigenvalue weighted by Gasteiger charge is -2.39. The van der Waals surface area contributed by atoms with Gasteiger partial charge in [-0.25, -0.2) is 0 Å². The van der Waals surface area contributed by atoms with Gasteiger partial charge in [-0.1, -0.05) is 26.7 Å². The minimum absolute atomic E-state index is 0.0228. The number of nitriles is 1. The van der Waals surface area contributed by atoms with E-state index in [1.807, 2.05) is 6.07 Å². The molecule has 106 valence electrons. The van der Waals surface area contributed by atoms with Crippen LogP contribution in [0.15, 0.2) is 18.2 Å². The highest BCUT2D eigenvalue weighted by Crippen LogP contribution is 2.38. The number of hydrogen-bond donors (Lipinski definition) is 1. The summed E-state index contributed by atoms with van der Waals surface area (Å²) in [5.41, 5.74) is 0.921. The third kappa shape index (κ3) is 2.90. The standard InChI is InChI=1S/C15H19N3O2/c1-15(2)8-4-3-5-14(15)17-12-7-6-11(10-16)9-13(12)18(19)20/h6-7,9,14,17H,3-5,8H2,1-2H3. The van der Waals surface area contributed by atoms with Gasteiger partial charge < -0.3 is 5.32 Å². The predicted octanol–water partition coefficient (Wildman–Crippen LogP) is 3.85. The van der Waals surface area contributed by atoms with E-state index in [1.54, 1.807) is 12.1 Å². The quantitative estimate of drug-likeness (QED) is 0.670. The number of nitrogens with one attached hydrogen (secondary N) is 1. The van der Waals surface area contributed by atoms with Gasteiger partial charge in [0.2, 0.25) is 0 Å². The zero-order valence-corrected chi connectivity index (χ0v) is 11.8. The van der Waals surface area contributed by atoms with Gasteiger partial charge in [0.05, 0.1) is 16.6 Å². The Morgan fingerprint density at radius 3 is 2.80 bits per heavy atom. The molecule has 1 N–H and O–H groups in total. The van der Waals surface area contributed by atoms with Crippen LogP contribution in [-0.4, -0.2) is 11.0 Å². The van der Waals surface area contributed by atoms with Crippen molar-refractivity contribution in [1.82, 2.24) is 0 Å². The van der Waals surface area contributed by atoms with Gasteiger partial charge in [-0.2, -0.15) is 5.26 Å². The topological polar surface area (TPSA) is 79.0 Å². The molecule has 5 nitrogen and oxygen atoms in total. The first-order chi connectivity index (χ1) is 9.44. The fraction of sp³-hybridized carbons (Fsp3) is 0.533. The first kappa shape index (κ1) is 14.3. The zero-order valence-electron chi connectivity index (χ0n) is 11.8. The Hall–Kier alpha value is -2.09. The molecular formula is C15H19N3O2. The lowest BCUT2D eigenvalue weighted by atomic mass is 9.73.